The van der Waals surface area contributed by atoms with E-state index < -0.39 is 0 Å². The van der Waals surface area contributed by atoms with Gasteiger partial charge in [-0.1, -0.05) is 93.1 Å². The molecule has 4 aliphatic rings. The molecule has 0 bridgehead atoms. The van der Waals surface area contributed by atoms with Gasteiger partial charge in [-0.05, 0) is 107 Å². The number of allylic oxidation sites excluding steroid dienone is 1. The minimum absolute atomic E-state index is 0.281. The van der Waals surface area contributed by atoms with E-state index in [0.717, 1.165) is 24.0 Å². The highest BCUT2D eigenvalue weighted by Crippen LogP contribution is 2.58. The number of hydrogen-bond donors (Lipinski definition) is 2. The van der Waals surface area contributed by atoms with Crippen LogP contribution in [0.4, 0.5) is 0 Å². The summed E-state index contributed by atoms with van der Waals surface area (Å²) in [6, 6.07) is 19.9. The average Bonchev–Trinajstić information content (AvgIpc) is 3.31. The van der Waals surface area contributed by atoms with Gasteiger partial charge in [-0.3, -0.25) is 0 Å². The maximum atomic E-state index is 11.0. The summed E-state index contributed by atoms with van der Waals surface area (Å²) in [5, 5.41) is 22.1. The highest BCUT2D eigenvalue weighted by atomic mass is 16.3. The lowest BCUT2D eigenvalue weighted by atomic mass is 9.68. The second-order valence-corrected chi connectivity index (χ2v) is 12.5. The third-order valence-electron chi connectivity index (χ3n) is 10.4. The molecule has 0 radical (unpaired) electrons. The minimum Gasteiger partial charge on any atom is -0.508 e. The van der Waals surface area contributed by atoms with Gasteiger partial charge in [-0.25, -0.2) is 0 Å². The molecule has 2 saturated carbocycles. The standard InChI is InChI=1S/C36H40O2/c37-33-19-17-28(21-30(33)24-9-3-1-4-10-24)36(23-27-15-7-13-26-14-8-16-32(36)35(26)27)29-18-20-34(38)31(22-29)25-11-5-2-6-12-25/h7-8,13-14,16-22,24-25,27,37-38H,1-6,9-12,15,23H2. The van der Waals surface area contributed by atoms with E-state index in [2.05, 4.69) is 54.6 Å². The summed E-state index contributed by atoms with van der Waals surface area (Å²) < 4.78 is 0. The van der Waals surface area contributed by atoms with Crippen LogP contribution in [0.2, 0.25) is 0 Å². The van der Waals surface area contributed by atoms with Gasteiger partial charge < -0.3 is 10.2 Å². The molecule has 2 N–H and O–H groups in total. The number of benzene rings is 3. The van der Waals surface area contributed by atoms with Crippen molar-refractivity contribution in [3.63, 3.8) is 0 Å². The fraction of sp³-hybridized carbons (Fsp3) is 0.444. The summed E-state index contributed by atoms with van der Waals surface area (Å²) in [5.41, 5.74) is 8.90. The Kier molecular flexibility index (Phi) is 6.10. The van der Waals surface area contributed by atoms with Gasteiger partial charge >= 0.3 is 0 Å². The molecule has 7 rings (SSSR count). The molecule has 3 aromatic carbocycles. The van der Waals surface area contributed by atoms with E-state index in [1.165, 1.54) is 92.0 Å². The van der Waals surface area contributed by atoms with Crippen LogP contribution in [0.15, 0.2) is 60.7 Å². The van der Waals surface area contributed by atoms with Crippen molar-refractivity contribution in [2.24, 2.45) is 0 Å². The van der Waals surface area contributed by atoms with Gasteiger partial charge in [-0.15, -0.1) is 0 Å². The summed E-state index contributed by atoms with van der Waals surface area (Å²) >= 11 is 0. The van der Waals surface area contributed by atoms with Crippen molar-refractivity contribution in [2.45, 2.75) is 100 Å². The molecule has 2 nitrogen and oxygen atoms in total. The summed E-state index contributed by atoms with van der Waals surface area (Å²) in [6.45, 7) is 0. The van der Waals surface area contributed by atoms with Gasteiger partial charge in [0, 0.05) is 5.41 Å². The van der Waals surface area contributed by atoms with Crippen LogP contribution in [-0.2, 0) is 5.41 Å². The third kappa shape index (κ3) is 3.82. The molecule has 2 heteroatoms. The number of phenols is 2. The fourth-order valence-electron chi connectivity index (χ4n) is 8.53. The molecule has 0 saturated heterocycles. The normalized spacial score (nSPS) is 22.9. The molecule has 38 heavy (non-hydrogen) atoms. The second-order valence-electron chi connectivity index (χ2n) is 12.5. The SMILES string of the molecule is Oc1ccc(C2(c3ccc(O)c(C4CCCCC4)c3)CC3CC=Cc4cccc2c43)cc1C1CCCCC1. The first-order valence-electron chi connectivity index (χ1n) is 15.1. The zero-order valence-electron chi connectivity index (χ0n) is 22.5. The highest BCUT2D eigenvalue weighted by molar-refractivity contribution is 5.69. The molecule has 0 aliphatic heterocycles. The van der Waals surface area contributed by atoms with E-state index in [4.69, 9.17) is 0 Å². The van der Waals surface area contributed by atoms with Crippen molar-refractivity contribution in [1.82, 2.24) is 0 Å². The van der Waals surface area contributed by atoms with Crippen molar-refractivity contribution in [1.29, 1.82) is 0 Å². The van der Waals surface area contributed by atoms with Crippen LogP contribution in [-0.4, -0.2) is 10.2 Å². The number of phenolic OH excluding ortho intramolecular Hbond substituents is 2. The van der Waals surface area contributed by atoms with Crippen molar-refractivity contribution in [2.75, 3.05) is 0 Å². The predicted octanol–water partition coefficient (Wildman–Crippen LogP) is 9.43. The number of aromatic hydroxyl groups is 2. The Morgan fingerprint density at radius 2 is 1.21 bits per heavy atom. The molecular formula is C36H40O2. The monoisotopic (exact) mass is 504 g/mol. The molecule has 3 aromatic rings. The van der Waals surface area contributed by atoms with E-state index in [0.29, 0.717) is 29.3 Å². The van der Waals surface area contributed by atoms with Crippen molar-refractivity contribution >= 4 is 6.08 Å². The van der Waals surface area contributed by atoms with Gasteiger partial charge in [0.1, 0.15) is 11.5 Å². The summed E-state index contributed by atoms with van der Waals surface area (Å²) in [7, 11) is 0. The molecule has 0 heterocycles. The van der Waals surface area contributed by atoms with Gasteiger partial charge in [-0.2, -0.15) is 0 Å². The van der Waals surface area contributed by atoms with Gasteiger partial charge in [0.25, 0.3) is 0 Å². The Hall–Kier alpha value is -3.00. The van der Waals surface area contributed by atoms with Crippen molar-refractivity contribution < 1.29 is 10.2 Å². The van der Waals surface area contributed by atoms with Crippen LogP contribution in [0.1, 0.15) is 134 Å². The largest absolute Gasteiger partial charge is 0.508 e. The smallest absolute Gasteiger partial charge is 0.119 e. The predicted molar refractivity (Wildman–Crippen MR) is 155 cm³/mol. The Morgan fingerprint density at radius 1 is 0.632 bits per heavy atom. The van der Waals surface area contributed by atoms with E-state index >= 15 is 0 Å². The fourth-order valence-corrected chi connectivity index (χ4v) is 8.53. The highest BCUT2D eigenvalue weighted by Gasteiger charge is 2.48. The quantitative estimate of drug-likeness (QED) is 0.371. The van der Waals surface area contributed by atoms with Crippen LogP contribution in [0.25, 0.3) is 6.08 Å². The number of rotatable bonds is 4. The molecule has 2 fully saturated rings. The van der Waals surface area contributed by atoms with E-state index in [1.54, 1.807) is 0 Å². The number of hydrogen-bond acceptors (Lipinski definition) is 2. The van der Waals surface area contributed by atoms with Crippen molar-refractivity contribution in [3.8, 4) is 11.5 Å². The summed E-state index contributed by atoms with van der Waals surface area (Å²) in [4.78, 5) is 0. The maximum absolute atomic E-state index is 11.0. The van der Waals surface area contributed by atoms with E-state index in [9.17, 15) is 10.2 Å². The lowest BCUT2D eigenvalue weighted by Crippen LogP contribution is -2.27. The molecule has 4 aliphatic carbocycles. The molecule has 1 atom stereocenters. The first-order chi connectivity index (χ1) is 18.6. The summed E-state index contributed by atoms with van der Waals surface area (Å²) in [6.07, 6.45) is 19.1. The van der Waals surface area contributed by atoms with Crippen molar-refractivity contribution in [3.05, 3.63) is 99.6 Å². The molecule has 0 amide bonds. The first-order valence-corrected chi connectivity index (χ1v) is 15.1. The van der Waals surface area contributed by atoms with E-state index in [1.807, 2.05) is 12.1 Å². The average molecular weight is 505 g/mol. The zero-order chi connectivity index (χ0) is 25.7. The lowest BCUT2D eigenvalue weighted by molar-refractivity contribution is 0.411. The Labute approximate surface area is 227 Å². The Balaban J connectivity index is 1.44. The van der Waals surface area contributed by atoms with Crippen LogP contribution < -0.4 is 0 Å². The van der Waals surface area contributed by atoms with Crippen LogP contribution >= 0.6 is 0 Å². The third-order valence-corrected chi connectivity index (χ3v) is 10.4. The minimum atomic E-state index is -0.281. The molecule has 1 unspecified atom stereocenters. The Bertz CT molecular complexity index is 1300. The van der Waals surface area contributed by atoms with Crippen LogP contribution in [0.5, 0.6) is 11.5 Å². The Morgan fingerprint density at radius 3 is 1.79 bits per heavy atom. The maximum Gasteiger partial charge on any atom is 0.119 e. The summed E-state index contributed by atoms with van der Waals surface area (Å²) in [5.74, 6) is 2.29. The second kappa shape index (κ2) is 9.63. The first kappa shape index (κ1) is 24.1. The van der Waals surface area contributed by atoms with Gasteiger partial charge in [0.15, 0.2) is 0 Å². The van der Waals surface area contributed by atoms with Gasteiger partial charge in [0.05, 0.1) is 0 Å². The molecule has 0 spiro atoms. The molecular weight excluding hydrogens is 464 g/mol. The topological polar surface area (TPSA) is 40.5 Å². The molecule has 0 aromatic heterocycles. The molecule has 196 valence electrons. The van der Waals surface area contributed by atoms with E-state index in [-0.39, 0.29) is 5.41 Å². The zero-order valence-corrected chi connectivity index (χ0v) is 22.5. The van der Waals surface area contributed by atoms with Crippen LogP contribution in [0.3, 0.4) is 0 Å². The van der Waals surface area contributed by atoms with Crippen LogP contribution in [0, 0.1) is 0 Å². The lowest BCUT2D eigenvalue weighted by Gasteiger charge is -2.35. The van der Waals surface area contributed by atoms with Gasteiger partial charge in [0.2, 0.25) is 0 Å².